The molecule has 1 N–H and O–H groups in total. The van der Waals surface area contributed by atoms with Gasteiger partial charge in [0.25, 0.3) is 0 Å². The molecule has 0 bridgehead atoms. The number of rotatable bonds is 4. The molecule has 0 atom stereocenters. The molecule has 0 unspecified atom stereocenters. The fraction of sp³-hybridized carbons (Fsp3) is 0.562. The number of nitrogens with zero attached hydrogens (tertiary/aromatic N) is 2. The quantitative estimate of drug-likeness (QED) is 0.935. The van der Waals surface area contributed by atoms with Gasteiger partial charge < -0.3 is 24.1 Å². The Morgan fingerprint density at radius 2 is 2.05 bits per heavy atom. The number of benzene rings is 1. The molecular weight excluding hydrogens is 282 g/mol. The lowest BCUT2D eigenvalue weighted by Crippen LogP contribution is -2.30. The molecule has 6 nitrogen and oxygen atoms in total. The highest BCUT2D eigenvalue weighted by molar-refractivity contribution is 5.81. The monoisotopic (exact) mass is 303 g/mol. The van der Waals surface area contributed by atoms with Gasteiger partial charge in [-0.3, -0.25) is 0 Å². The van der Waals surface area contributed by atoms with Crippen molar-refractivity contribution in [3.05, 3.63) is 18.0 Å². The van der Waals surface area contributed by atoms with Crippen LogP contribution in [0.1, 0.15) is 18.7 Å². The fourth-order valence-electron chi connectivity index (χ4n) is 3.33. The number of aromatic nitrogens is 2. The summed E-state index contributed by atoms with van der Waals surface area (Å²) in [6, 6.07) is 4.01. The van der Waals surface area contributed by atoms with E-state index in [-0.39, 0.29) is 0 Å². The smallest absolute Gasteiger partial charge is 0.231 e. The Hall–Kier alpha value is -1.79. The van der Waals surface area contributed by atoms with E-state index < -0.39 is 0 Å². The van der Waals surface area contributed by atoms with Gasteiger partial charge in [-0.2, -0.15) is 0 Å². The summed E-state index contributed by atoms with van der Waals surface area (Å²) in [6.07, 6.45) is 2.41. The van der Waals surface area contributed by atoms with Gasteiger partial charge in [0.2, 0.25) is 6.79 Å². The molecule has 22 heavy (non-hydrogen) atoms. The van der Waals surface area contributed by atoms with E-state index in [1.807, 2.05) is 12.1 Å². The maximum Gasteiger partial charge on any atom is 0.231 e. The van der Waals surface area contributed by atoms with Crippen molar-refractivity contribution in [2.24, 2.45) is 5.92 Å². The van der Waals surface area contributed by atoms with Crippen LogP contribution >= 0.6 is 0 Å². The number of hydrogen-bond donors (Lipinski definition) is 1. The van der Waals surface area contributed by atoms with Crippen LogP contribution in [-0.4, -0.2) is 36.5 Å². The minimum absolute atomic E-state index is 0.293. The average Bonchev–Trinajstić information content (AvgIpc) is 3.11. The van der Waals surface area contributed by atoms with Crippen LogP contribution in [0.25, 0.3) is 11.0 Å². The van der Waals surface area contributed by atoms with Crippen LogP contribution in [-0.2, 0) is 17.9 Å². The first-order chi connectivity index (χ1) is 10.8. The molecule has 3 heterocycles. The van der Waals surface area contributed by atoms with Gasteiger partial charge in [-0.25, -0.2) is 4.98 Å². The zero-order valence-corrected chi connectivity index (χ0v) is 12.8. The normalized spacial score (nSPS) is 18.2. The number of ether oxygens (including phenoxy) is 3. The van der Waals surface area contributed by atoms with Crippen LogP contribution in [0.3, 0.4) is 0 Å². The molecule has 0 aliphatic carbocycles. The van der Waals surface area contributed by atoms with Gasteiger partial charge in [-0.05, 0) is 31.8 Å². The number of fused-ring (bicyclic) bond motifs is 2. The van der Waals surface area contributed by atoms with E-state index in [0.717, 1.165) is 48.0 Å². The highest BCUT2D eigenvalue weighted by atomic mass is 16.7. The van der Waals surface area contributed by atoms with Crippen LogP contribution in [0.15, 0.2) is 12.1 Å². The molecule has 0 amide bonds. The summed E-state index contributed by atoms with van der Waals surface area (Å²) in [6.45, 7) is 4.00. The number of imidazole rings is 1. The van der Waals surface area contributed by atoms with Crippen molar-refractivity contribution in [3.63, 3.8) is 0 Å². The molecule has 2 aliphatic rings. The molecule has 0 saturated carbocycles. The maximum atomic E-state index is 5.52. The van der Waals surface area contributed by atoms with Crippen LogP contribution in [0.2, 0.25) is 0 Å². The van der Waals surface area contributed by atoms with Crippen molar-refractivity contribution in [2.75, 3.05) is 27.0 Å². The third-order valence-electron chi connectivity index (χ3n) is 4.49. The van der Waals surface area contributed by atoms with E-state index in [2.05, 4.69) is 9.88 Å². The highest BCUT2D eigenvalue weighted by Gasteiger charge is 2.21. The predicted molar refractivity (Wildman–Crippen MR) is 82.2 cm³/mol. The van der Waals surface area contributed by atoms with Crippen molar-refractivity contribution < 1.29 is 14.2 Å². The van der Waals surface area contributed by atoms with Gasteiger partial charge in [0.05, 0.1) is 11.0 Å². The predicted octanol–water partition coefficient (Wildman–Crippen LogP) is 1.91. The summed E-state index contributed by atoms with van der Waals surface area (Å²) < 4.78 is 18.6. The molecule has 1 saturated heterocycles. The van der Waals surface area contributed by atoms with E-state index in [0.29, 0.717) is 19.3 Å². The first kappa shape index (κ1) is 13.8. The second-order valence-corrected chi connectivity index (χ2v) is 5.96. The Morgan fingerprint density at radius 3 is 2.82 bits per heavy atom. The van der Waals surface area contributed by atoms with E-state index in [4.69, 9.17) is 19.2 Å². The number of hydrogen-bond acceptors (Lipinski definition) is 5. The van der Waals surface area contributed by atoms with Crippen LogP contribution in [0, 0.1) is 5.92 Å². The van der Waals surface area contributed by atoms with Crippen molar-refractivity contribution in [3.8, 4) is 11.5 Å². The molecule has 1 aromatic carbocycles. The molecule has 0 spiro atoms. The number of piperidine rings is 1. The van der Waals surface area contributed by atoms with E-state index >= 15 is 0 Å². The minimum atomic E-state index is 0.293. The first-order valence-corrected chi connectivity index (χ1v) is 7.83. The largest absolute Gasteiger partial charge is 0.454 e. The zero-order valence-electron chi connectivity index (χ0n) is 12.8. The molecule has 2 aromatic rings. The average molecular weight is 303 g/mol. The fourth-order valence-corrected chi connectivity index (χ4v) is 3.33. The molecule has 6 heteroatoms. The van der Waals surface area contributed by atoms with E-state index in [9.17, 15) is 0 Å². The van der Waals surface area contributed by atoms with Gasteiger partial charge in [0, 0.05) is 25.8 Å². The van der Waals surface area contributed by atoms with E-state index in [1.165, 1.54) is 12.8 Å². The summed E-state index contributed by atoms with van der Waals surface area (Å²) in [5.41, 5.74) is 2.06. The van der Waals surface area contributed by atoms with Gasteiger partial charge in [-0.1, -0.05) is 0 Å². The molecule has 1 aromatic heterocycles. The lowest BCUT2D eigenvalue weighted by molar-refractivity contribution is 0.172. The van der Waals surface area contributed by atoms with Crippen molar-refractivity contribution in [1.82, 2.24) is 14.9 Å². The second-order valence-electron chi connectivity index (χ2n) is 5.96. The third kappa shape index (κ3) is 2.42. The molecule has 0 radical (unpaired) electrons. The molecular formula is C16H21N3O3. The summed E-state index contributed by atoms with van der Waals surface area (Å²) in [7, 11) is 1.71. The number of methoxy groups -OCH3 is 1. The van der Waals surface area contributed by atoms with Crippen LogP contribution in [0.5, 0.6) is 11.5 Å². The topological polar surface area (TPSA) is 57.5 Å². The zero-order chi connectivity index (χ0) is 14.9. The van der Waals surface area contributed by atoms with Crippen LogP contribution in [0.4, 0.5) is 0 Å². The minimum Gasteiger partial charge on any atom is -0.454 e. The van der Waals surface area contributed by atoms with Gasteiger partial charge in [0.15, 0.2) is 11.5 Å². The Morgan fingerprint density at radius 1 is 1.27 bits per heavy atom. The standard InChI is InChI=1S/C16H21N3O3/c1-20-9-16-18-12-6-14-15(22-10-21-14)7-13(12)19(16)8-11-2-4-17-5-3-11/h6-7,11,17H,2-5,8-10H2,1H3. The molecule has 2 aliphatic heterocycles. The van der Waals surface area contributed by atoms with Crippen molar-refractivity contribution in [1.29, 1.82) is 0 Å². The highest BCUT2D eigenvalue weighted by Crippen LogP contribution is 2.36. The Labute approximate surface area is 129 Å². The first-order valence-electron chi connectivity index (χ1n) is 7.83. The molecule has 118 valence electrons. The summed E-state index contributed by atoms with van der Waals surface area (Å²) >= 11 is 0. The van der Waals surface area contributed by atoms with Crippen LogP contribution < -0.4 is 14.8 Å². The van der Waals surface area contributed by atoms with Gasteiger partial charge >= 0.3 is 0 Å². The lowest BCUT2D eigenvalue weighted by Gasteiger charge is -2.24. The van der Waals surface area contributed by atoms with E-state index in [1.54, 1.807) is 7.11 Å². The van der Waals surface area contributed by atoms with Gasteiger partial charge in [0.1, 0.15) is 12.4 Å². The summed E-state index contributed by atoms with van der Waals surface area (Å²) in [4.78, 5) is 4.73. The molecule has 1 fully saturated rings. The van der Waals surface area contributed by atoms with Crippen molar-refractivity contribution in [2.45, 2.75) is 26.0 Å². The Kier molecular flexibility index (Phi) is 3.63. The maximum absolute atomic E-state index is 5.52. The second kappa shape index (κ2) is 5.78. The summed E-state index contributed by atoms with van der Waals surface area (Å²) in [5.74, 6) is 3.24. The Bertz CT molecular complexity index is 677. The van der Waals surface area contributed by atoms with Gasteiger partial charge in [-0.15, -0.1) is 0 Å². The Balaban J connectivity index is 1.73. The third-order valence-corrected chi connectivity index (χ3v) is 4.49. The number of nitrogens with one attached hydrogen (secondary N) is 1. The van der Waals surface area contributed by atoms with Crippen molar-refractivity contribution >= 4 is 11.0 Å². The molecule has 4 rings (SSSR count). The SMILES string of the molecule is COCc1nc2cc3c(cc2n1CC1CCNCC1)OCO3. The summed E-state index contributed by atoms with van der Waals surface area (Å²) in [5, 5.41) is 3.42. The lowest BCUT2D eigenvalue weighted by atomic mass is 9.98.